The molecule has 1 aromatic rings. The van der Waals surface area contributed by atoms with Gasteiger partial charge in [0, 0.05) is 12.3 Å². The number of hydrogen-bond donors (Lipinski definition) is 1. The van der Waals surface area contributed by atoms with Crippen LogP contribution in [0.3, 0.4) is 0 Å². The van der Waals surface area contributed by atoms with Gasteiger partial charge in [-0.3, -0.25) is 0 Å². The van der Waals surface area contributed by atoms with Gasteiger partial charge in [-0.05, 0) is 19.4 Å². The van der Waals surface area contributed by atoms with E-state index in [0.29, 0.717) is 5.92 Å². The number of rotatable bonds is 6. The third-order valence-corrected chi connectivity index (χ3v) is 3.44. The predicted molar refractivity (Wildman–Crippen MR) is 60.6 cm³/mol. The third kappa shape index (κ3) is 3.35. The van der Waals surface area contributed by atoms with Crippen LogP contribution < -0.4 is 5.73 Å². The summed E-state index contributed by atoms with van der Waals surface area (Å²) in [4.78, 5) is 0. The lowest BCUT2D eigenvalue weighted by Crippen LogP contribution is -1.99. The fraction of sp³-hybridized carbons (Fsp3) is 0.800. The minimum absolute atomic E-state index is 0.559. The van der Waals surface area contributed by atoms with Gasteiger partial charge in [-0.2, -0.15) is 0 Å². The van der Waals surface area contributed by atoms with Crippen molar-refractivity contribution in [2.75, 3.05) is 6.54 Å². The summed E-state index contributed by atoms with van der Waals surface area (Å²) >= 11 is 1.74. The highest BCUT2D eigenvalue weighted by molar-refractivity contribution is 7.11. The van der Waals surface area contributed by atoms with E-state index in [1.165, 1.54) is 17.8 Å². The summed E-state index contributed by atoms with van der Waals surface area (Å²) in [6.45, 7) is 5.16. The summed E-state index contributed by atoms with van der Waals surface area (Å²) in [6.07, 6.45) is 4.40. The second kappa shape index (κ2) is 6.09. The summed E-state index contributed by atoms with van der Waals surface area (Å²) in [6, 6.07) is 0. The Bertz CT molecular complexity index is 260. The molecular weight excluding hydrogens is 194 g/mol. The molecule has 80 valence electrons. The highest BCUT2D eigenvalue weighted by atomic mass is 32.1. The summed E-state index contributed by atoms with van der Waals surface area (Å²) in [5.41, 5.74) is 5.45. The van der Waals surface area contributed by atoms with Gasteiger partial charge in [0.05, 0.1) is 0 Å². The Kier molecular flexibility index (Phi) is 5.04. The molecule has 14 heavy (non-hydrogen) atoms. The molecule has 4 heteroatoms. The molecule has 0 radical (unpaired) electrons. The molecule has 0 aliphatic rings. The van der Waals surface area contributed by atoms with Crippen molar-refractivity contribution in [1.29, 1.82) is 0 Å². The van der Waals surface area contributed by atoms with Crippen molar-refractivity contribution in [3.05, 3.63) is 10.0 Å². The maximum absolute atomic E-state index is 5.45. The Labute approximate surface area is 89.7 Å². The van der Waals surface area contributed by atoms with Gasteiger partial charge in [0.15, 0.2) is 0 Å². The molecule has 0 fully saturated rings. The van der Waals surface area contributed by atoms with Gasteiger partial charge in [-0.15, -0.1) is 21.5 Å². The van der Waals surface area contributed by atoms with E-state index in [1.807, 2.05) is 0 Å². The molecular formula is C10H19N3S. The first-order valence-electron chi connectivity index (χ1n) is 5.30. The highest BCUT2D eigenvalue weighted by Crippen LogP contribution is 2.24. The van der Waals surface area contributed by atoms with Gasteiger partial charge in [-0.25, -0.2) is 0 Å². The van der Waals surface area contributed by atoms with Crippen LogP contribution in [0.4, 0.5) is 0 Å². The van der Waals surface area contributed by atoms with Crippen molar-refractivity contribution in [3.8, 4) is 0 Å². The zero-order chi connectivity index (χ0) is 10.4. The summed E-state index contributed by atoms with van der Waals surface area (Å²) < 4.78 is 0. The predicted octanol–water partition coefficient (Wildman–Crippen LogP) is 2.33. The molecule has 0 aromatic carbocycles. The molecule has 0 saturated carbocycles. The van der Waals surface area contributed by atoms with E-state index in [0.717, 1.165) is 24.4 Å². The van der Waals surface area contributed by atoms with Crippen LogP contribution in [0.25, 0.3) is 0 Å². The van der Waals surface area contributed by atoms with Crippen LogP contribution in [0.1, 0.15) is 49.0 Å². The molecule has 1 atom stereocenters. The van der Waals surface area contributed by atoms with Crippen LogP contribution in [0, 0.1) is 0 Å². The maximum atomic E-state index is 5.45. The zero-order valence-electron chi connectivity index (χ0n) is 8.99. The van der Waals surface area contributed by atoms with Crippen molar-refractivity contribution in [3.63, 3.8) is 0 Å². The molecule has 0 aliphatic heterocycles. The van der Waals surface area contributed by atoms with Gasteiger partial charge in [-0.1, -0.05) is 20.3 Å². The van der Waals surface area contributed by atoms with Crippen LogP contribution in [0.2, 0.25) is 0 Å². The van der Waals surface area contributed by atoms with E-state index in [1.54, 1.807) is 11.3 Å². The average Bonchev–Trinajstić information content (AvgIpc) is 2.63. The Morgan fingerprint density at radius 2 is 2.21 bits per heavy atom. The molecule has 0 aliphatic carbocycles. The van der Waals surface area contributed by atoms with Gasteiger partial charge < -0.3 is 5.73 Å². The van der Waals surface area contributed by atoms with E-state index >= 15 is 0 Å². The number of nitrogens with two attached hydrogens (primary N) is 1. The molecule has 2 N–H and O–H groups in total. The molecule has 0 bridgehead atoms. The Balaban J connectivity index is 2.49. The van der Waals surface area contributed by atoms with Gasteiger partial charge in [0.2, 0.25) is 0 Å². The standard InChI is InChI=1S/C10H19N3S/c1-3-5-8(2)10-13-12-9(14-10)6-4-7-11/h8H,3-7,11H2,1-2H3. The molecule has 0 saturated heterocycles. The van der Waals surface area contributed by atoms with Crippen molar-refractivity contribution in [2.24, 2.45) is 5.73 Å². The molecule has 0 spiro atoms. The molecule has 1 aromatic heterocycles. The highest BCUT2D eigenvalue weighted by Gasteiger charge is 2.10. The molecule has 1 rings (SSSR count). The lowest BCUT2D eigenvalue weighted by Gasteiger charge is -2.03. The first-order valence-corrected chi connectivity index (χ1v) is 6.12. The van der Waals surface area contributed by atoms with E-state index in [-0.39, 0.29) is 0 Å². The van der Waals surface area contributed by atoms with Crippen LogP contribution in [-0.2, 0) is 6.42 Å². The Morgan fingerprint density at radius 1 is 1.43 bits per heavy atom. The summed E-state index contributed by atoms with van der Waals surface area (Å²) in [5, 5.41) is 10.7. The maximum Gasteiger partial charge on any atom is 0.120 e. The number of hydrogen-bond acceptors (Lipinski definition) is 4. The lowest BCUT2D eigenvalue weighted by atomic mass is 10.1. The number of nitrogens with zero attached hydrogens (tertiary/aromatic N) is 2. The lowest BCUT2D eigenvalue weighted by molar-refractivity contribution is 0.652. The third-order valence-electron chi connectivity index (χ3n) is 2.22. The van der Waals surface area contributed by atoms with Crippen LogP contribution >= 0.6 is 11.3 Å². The molecule has 1 heterocycles. The fourth-order valence-electron chi connectivity index (χ4n) is 1.38. The van der Waals surface area contributed by atoms with Crippen molar-refractivity contribution in [1.82, 2.24) is 10.2 Å². The monoisotopic (exact) mass is 213 g/mol. The molecule has 1 unspecified atom stereocenters. The average molecular weight is 213 g/mol. The molecule has 3 nitrogen and oxygen atoms in total. The molecule has 0 amide bonds. The normalized spacial score (nSPS) is 13.1. The van der Waals surface area contributed by atoms with E-state index in [2.05, 4.69) is 24.0 Å². The van der Waals surface area contributed by atoms with E-state index in [4.69, 9.17) is 5.73 Å². The Hall–Kier alpha value is -0.480. The van der Waals surface area contributed by atoms with Crippen LogP contribution in [0.5, 0.6) is 0 Å². The second-order valence-corrected chi connectivity index (χ2v) is 4.71. The van der Waals surface area contributed by atoms with E-state index < -0.39 is 0 Å². The number of aryl methyl sites for hydroxylation is 1. The van der Waals surface area contributed by atoms with Crippen molar-refractivity contribution >= 4 is 11.3 Å². The van der Waals surface area contributed by atoms with Crippen molar-refractivity contribution < 1.29 is 0 Å². The smallest absolute Gasteiger partial charge is 0.120 e. The first-order chi connectivity index (χ1) is 6.77. The van der Waals surface area contributed by atoms with Crippen LogP contribution in [-0.4, -0.2) is 16.7 Å². The summed E-state index contributed by atoms with van der Waals surface area (Å²) in [5.74, 6) is 0.559. The minimum atomic E-state index is 0.559. The van der Waals surface area contributed by atoms with Crippen LogP contribution in [0.15, 0.2) is 0 Å². The van der Waals surface area contributed by atoms with Gasteiger partial charge >= 0.3 is 0 Å². The fourth-order valence-corrected chi connectivity index (χ4v) is 2.35. The van der Waals surface area contributed by atoms with Gasteiger partial charge in [0.25, 0.3) is 0 Å². The summed E-state index contributed by atoms with van der Waals surface area (Å²) in [7, 11) is 0. The SMILES string of the molecule is CCCC(C)c1nnc(CCCN)s1. The van der Waals surface area contributed by atoms with Crippen molar-refractivity contribution in [2.45, 2.75) is 45.4 Å². The zero-order valence-corrected chi connectivity index (χ0v) is 9.81. The number of aromatic nitrogens is 2. The topological polar surface area (TPSA) is 51.8 Å². The van der Waals surface area contributed by atoms with E-state index in [9.17, 15) is 0 Å². The Morgan fingerprint density at radius 3 is 2.86 bits per heavy atom. The minimum Gasteiger partial charge on any atom is -0.330 e. The largest absolute Gasteiger partial charge is 0.330 e. The van der Waals surface area contributed by atoms with Gasteiger partial charge in [0.1, 0.15) is 10.0 Å². The first kappa shape index (κ1) is 11.6. The quantitative estimate of drug-likeness (QED) is 0.789. The second-order valence-electron chi connectivity index (χ2n) is 3.62.